The number of amides is 1. The third-order valence-electron chi connectivity index (χ3n) is 2.70. The van der Waals surface area contributed by atoms with Gasteiger partial charge in [0.1, 0.15) is 0 Å². The predicted molar refractivity (Wildman–Crippen MR) is 64.4 cm³/mol. The topological polar surface area (TPSA) is 64.3 Å². The lowest BCUT2D eigenvalue weighted by Gasteiger charge is -2.16. The summed E-state index contributed by atoms with van der Waals surface area (Å²) in [5.74, 6) is -2.70. The van der Waals surface area contributed by atoms with Crippen molar-refractivity contribution in [3.8, 4) is 5.75 Å². The van der Waals surface area contributed by atoms with E-state index in [0.29, 0.717) is 0 Å². The minimum Gasteiger partial charge on any atom is -0.494 e. The molecule has 4 nitrogen and oxygen atoms in total. The number of nitrogens with one attached hydrogen (secondary N) is 1. The summed E-state index contributed by atoms with van der Waals surface area (Å²) in [6.45, 7) is 3.27. The maximum Gasteiger partial charge on any atom is 0.228 e. The number of methoxy groups -OCH3 is 1. The lowest BCUT2D eigenvalue weighted by molar-refractivity contribution is -0.119. The molecule has 0 aliphatic heterocycles. The Balaban J connectivity index is 2.92. The van der Waals surface area contributed by atoms with E-state index in [1.165, 1.54) is 7.11 Å². The third kappa shape index (κ3) is 3.16. The van der Waals surface area contributed by atoms with E-state index in [1.54, 1.807) is 13.8 Å². The van der Waals surface area contributed by atoms with E-state index in [4.69, 9.17) is 5.73 Å². The first-order valence-corrected chi connectivity index (χ1v) is 5.46. The fourth-order valence-electron chi connectivity index (χ4n) is 1.27. The van der Waals surface area contributed by atoms with Gasteiger partial charge in [0.25, 0.3) is 0 Å². The van der Waals surface area contributed by atoms with Crippen LogP contribution in [0, 0.1) is 17.6 Å². The molecule has 100 valence electrons. The molecule has 0 heterocycles. The normalized spacial score (nSPS) is 13.9. The maximum atomic E-state index is 13.5. The molecule has 3 N–H and O–H groups in total. The summed E-state index contributed by atoms with van der Waals surface area (Å²) >= 11 is 0. The zero-order valence-electron chi connectivity index (χ0n) is 10.5. The number of ether oxygens (including phenoxy) is 1. The van der Waals surface area contributed by atoms with Crippen molar-refractivity contribution in [3.05, 3.63) is 23.8 Å². The number of benzene rings is 1. The highest BCUT2D eigenvalue weighted by Crippen LogP contribution is 2.25. The largest absolute Gasteiger partial charge is 0.494 e. The molecule has 1 amide bonds. The van der Waals surface area contributed by atoms with Crippen LogP contribution in [0.25, 0.3) is 0 Å². The Morgan fingerprint density at radius 2 is 1.94 bits per heavy atom. The Morgan fingerprint density at radius 3 is 2.44 bits per heavy atom. The molecule has 0 radical (unpaired) electrons. The van der Waals surface area contributed by atoms with Gasteiger partial charge in [0.05, 0.1) is 18.7 Å². The molecular formula is C12H16F2N2O2. The van der Waals surface area contributed by atoms with Gasteiger partial charge in [-0.1, -0.05) is 6.92 Å². The summed E-state index contributed by atoms with van der Waals surface area (Å²) < 4.78 is 31.5. The first kappa shape index (κ1) is 14.4. The quantitative estimate of drug-likeness (QED) is 0.866. The van der Waals surface area contributed by atoms with Crippen LogP contribution >= 0.6 is 0 Å². The zero-order valence-corrected chi connectivity index (χ0v) is 10.5. The maximum absolute atomic E-state index is 13.5. The fraction of sp³-hybridized carbons (Fsp3) is 0.417. The van der Waals surface area contributed by atoms with Crippen LogP contribution in [0.5, 0.6) is 5.75 Å². The van der Waals surface area contributed by atoms with Crippen molar-refractivity contribution in [2.24, 2.45) is 11.7 Å². The Morgan fingerprint density at radius 1 is 1.33 bits per heavy atom. The van der Waals surface area contributed by atoms with Gasteiger partial charge in [-0.2, -0.15) is 0 Å². The highest BCUT2D eigenvalue weighted by molar-refractivity contribution is 5.92. The summed E-state index contributed by atoms with van der Waals surface area (Å²) in [6.07, 6.45) is 0. The van der Waals surface area contributed by atoms with E-state index < -0.39 is 23.5 Å². The third-order valence-corrected chi connectivity index (χ3v) is 2.70. The number of hydrogen-bond donors (Lipinski definition) is 2. The van der Waals surface area contributed by atoms with Crippen molar-refractivity contribution in [3.63, 3.8) is 0 Å². The Bertz CT molecular complexity index is 450. The van der Waals surface area contributed by atoms with Crippen LogP contribution in [0.15, 0.2) is 12.1 Å². The lowest BCUT2D eigenvalue weighted by Crippen LogP contribution is -2.34. The molecule has 0 spiro atoms. The van der Waals surface area contributed by atoms with Crippen LogP contribution in [0.1, 0.15) is 13.8 Å². The number of carbonyl (C=O) groups is 1. The first-order chi connectivity index (χ1) is 8.36. The standard InChI is InChI=1S/C12H16F2N2O2/c1-6(7(2)15)12(17)16-10-4-9(14)11(18-3)5-8(10)13/h4-7H,15H2,1-3H3,(H,16,17). The zero-order chi connectivity index (χ0) is 13.9. The van der Waals surface area contributed by atoms with Gasteiger partial charge in [0, 0.05) is 18.2 Å². The Hall–Kier alpha value is -1.69. The molecule has 2 atom stereocenters. The monoisotopic (exact) mass is 258 g/mol. The average molecular weight is 258 g/mol. The van der Waals surface area contributed by atoms with Crippen LogP contribution in [0.2, 0.25) is 0 Å². The van der Waals surface area contributed by atoms with Gasteiger partial charge >= 0.3 is 0 Å². The number of carbonyl (C=O) groups excluding carboxylic acids is 1. The predicted octanol–water partition coefficient (Wildman–Crippen LogP) is 1.90. The van der Waals surface area contributed by atoms with Gasteiger partial charge < -0.3 is 15.8 Å². The highest BCUT2D eigenvalue weighted by Gasteiger charge is 2.19. The highest BCUT2D eigenvalue weighted by atomic mass is 19.1. The second kappa shape index (κ2) is 5.77. The van der Waals surface area contributed by atoms with Gasteiger partial charge in [0.2, 0.25) is 5.91 Å². The summed E-state index contributed by atoms with van der Waals surface area (Å²) in [7, 11) is 1.23. The van der Waals surface area contributed by atoms with Crippen LogP contribution < -0.4 is 15.8 Å². The van der Waals surface area contributed by atoms with Crippen molar-refractivity contribution >= 4 is 11.6 Å². The molecule has 0 aliphatic rings. The SMILES string of the molecule is COc1cc(F)c(NC(=O)C(C)C(C)N)cc1F. The average Bonchev–Trinajstić information content (AvgIpc) is 2.32. The van der Waals surface area contributed by atoms with E-state index in [0.717, 1.165) is 12.1 Å². The minimum atomic E-state index is -0.765. The van der Waals surface area contributed by atoms with Crippen LogP contribution in [0.3, 0.4) is 0 Å². The Kier molecular flexibility index (Phi) is 4.61. The number of rotatable bonds is 4. The molecule has 1 aromatic carbocycles. The first-order valence-electron chi connectivity index (χ1n) is 5.46. The van der Waals surface area contributed by atoms with Gasteiger partial charge in [-0.15, -0.1) is 0 Å². The molecule has 0 aromatic heterocycles. The summed E-state index contributed by atoms with van der Waals surface area (Å²) in [5.41, 5.74) is 5.32. The second-order valence-corrected chi connectivity index (χ2v) is 4.10. The lowest BCUT2D eigenvalue weighted by atomic mass is 10.0. The van der Waals surface area contributed by atoms with Crippen molar-refractivity contribution in [1.29, 1.82) is 0 Å². The molecule has 6 heteroatoms. The molecule has 0 fully saturated rings. The van der Waals surface area contributed by atoms with Gasteiger partial charge in [-0.25, -0.2) is 8.78 Å². The number of nitrogens with two attached hydrogens (primary N) is 1. The molecule has 2 unspecified atom stereocenters. The van der Waals surface area contributed by atoms with E-state index in [1.807, 2.05) is 0 Å². The smallest absolute Gasteiger partial charge is 0.228 e. The number of anilines is 1. The molecule has 1 aromatic rings. The molecular weight excluding hydrogens is 242 g/mol. The van der Waals surface area contributed by atoms with Crippen LogP contribution in [0.4, 0.5) is 14.5 Å². The van der Waals surface area contributed by atoms with Gasteiger partial charge in [-0.3, -0.25) is 4.79 Å². The number of halogens is 2. The molecule has 18 heavy (non-hydrogen) atoms. The van der Waals surface area contributed by atoms with E-state index in [9.17, 15) is 13.6 Å². The van der Waals surface area contributed by atoms with Crippen molar-refractivity contribution < 1.29 is 18.3 Å². The van der Waals surface area contributed by atoms with Crippen LogP contribution in [-0.4, -0.2) is 19.1 Å². The molecule has 0 saturated heterocycles. The molecule has 1 rings (SSSR count). The minimum absolute atomic E-state index is 0.217. The van der Waals surface area contributed by atoms with Crippen molar-refractivity contribution in [1.82, 2.24) is 0 Å². The second-order valence-electron chi connectivity index (χ2n) is 4.10. The van der Waals surface area contributed by atoms with Gasteiger partial charge in [-0.05, 0) is 6.92 Å². The molecule has 0 bridgehead atoms. The van der Waals surface area contributed by atoms with Gasteiger partial charge in [0.15, 0.2) is 17.4 Å². The molecule has 0 saturated carbocycles. The summed E-state index contributed by atoms with van der Waals surface area (Å²) in [5, 5.41) is 2.29. The summed E-state index contributed by atoms with van der Waals surface area (Å²) in [6, 6.07) is 1.37. The number of hydrogen-bond acceptors (Lipinski definition) is 3. The van der Waals surface area contributed by atoms with Crippen molar-refractivity contribution in [2.45, 2.75) is 19.9 Å². The van der Waals surface area contributed by atoms with E-state index in [2.05, 4.69) is 10.1 Å². The Labute approximate surface area is 104 Å². The fourth-order valence-corrected chi connectivity index (χ4v) is 1.27. The van der Waals surface area contributed by atoms with Crippen molar-refractivity contribution in [2.75, 3.05) is 12.4 Å². The molecule has 0 aliphatic carbocycles. The van der Waals surface area contributed by atoms with E-state index in [-0.39, 0.29) is 17.5 Å². The van der Waals surface area contributed by atoms with E-state index >= 15 is 0 Å². The summed E-state index contributed by atoms with van der Waals surface area (Å²) in [4.78, 5) is 11.7. The van der Waals surface area contributed by atoms with Crippen LogP contribution in [-0.2, 0) is 4.79 Å².